The fraction of sp³-hybridized carbons (Fsp3) is 0.486. The van der Waals surface area contributed by atoms with E-state index in [0.717, 1.165) is 252 Å². The summed E-state index contributed by atoms with van der Waals surface area (Å²) in [5, 5.41) is 4.92. The molecule has 6 unspecified atom stereocenters. The highest BCUT2D eigenvalue weighted by atomic mass is 79.9. The van der Waals surface area contributed by atoms with Gasteiger partial charge in [0.15, 0.2) is 23.1 Å². The van der Waals surface area contributed by atoms with Crippen LogP contribution in [0.1, 0.15) is 222 Å². The number of aromatic nitrogens is 4. The van der Waals surface area contributed by atoms with Gasteiger partial charge in [-0.3, -0.25) is 38.8 Å². The Hall–Kier alpha value is -7.08. The average Bonchev–Trinajstić information content (AvgIpc) is 1.68. The van der Waals surface area contributed by atoms with E-state index in [0.29, 0.717) is 18.7 Å². The molecule has 7 aliphatic heterocycles. The third kappa shape index (κ3) is 22.9. The standard InChI is InChI=1S/C28H33BrN2O.C27H30BrFN2O2.C25H29BrClN3O2.C25H35BrN2O/c1-20(32)26-19-30(28-25(26)9-5-10-27(28)29)15-6-16-31-23-13-14-24(31)18-22(17-23)12-11-21-7-3-2-4-8-21;1-17-26(18(2)32)24-5-3-6-25(28)27(24)30(17)13-4-14-31-20-9-10-21(31)16-23(15-20)33-22-11-7-19(29)8-12-22;1-19(31)23-18-30(25-22(23)4-2-5-24(25)26)11-3-10-28-12-14-29(15-13-28)16-17-32-21-8-6-20(27)7-9-21;1-3-4-5-8-19-15-20-11-12-21(16-19)28(20)14-7-13-27-17-23(18(2)29)22-9-6-10-24(26)25(22)27/h2-5,7-10,19,22-24H,6,11-18H2,1H3;3,5-8,11-12,20-21,23H,4,9-10,13-16H2,1-2H3;2,4-9,18H,3,10-17H2,1H3;6,9-10,17,19-21H,3-5,7-8,11-16H2,1-2H3. The van der Waals surface area contributed by atoms with E-state index in [1.807, 2.05) is 79.0 Å². The fourth-order valence-electron chi connectivity index (χ4n) is 22.4. The van der Waals surface area contributed by atoms with Crippen LogP contribution in [0.3, 0.4) is 0 Å². The first-order valence-corrected chi connectivity index (χ1v) is 50.4. The lowest BCUT2D eigenvalue weighted by molar-refractivity contribution is 0.0481. The van der Waals surface area contributed by atoms with Crippen molar-refractivity contribution in [2.45, 2.75) is 251 Å². The molecule has 0 N–H and O–H groups in total. The molecule has 0 radical (unpaired) electrons. The number of hydrogen-bond acceptors (Lipinski definition) is 11. The Bertz CT molecular complexity index is 5490. The molecule has 126 heavy (non-hydrogen) atoms. The van der Waals surface area contributed by atoms with E-state index in [1.165, 1.54) is 134 Å². The first kappa shape index (κ1) is 93.6. The van der Waals surface area contributed by atoms with Crippen LogP contribution in [0, 0.1) is 24.6 Å². The van der Waals surface area contributed by atoms with Crippen molar-refractivity contribution in [3.05, 3.63) is 232 Å². The van der Waals surface area contributed by atoms with Gasteiger partial charge in [0, 0.05) is 206 Å². The van der Waals surface area contributed by atoms with Gasteiger partial charge in [0.2, 0.25) is 0 Å². The van der Waals surface area contributed by atoms with Crippen LogP contribution >= 0.6 is 75.3 Å². The van der Waals surface area contributed by atoms with Crippen LogP contribution in [-0.4, -0.2) is 174 Å². The van der Waals surface area contributed by atoms with Crippen molar-refractivity contribution in [2.24, 2.45) is 11.8 Å². The molecule has 6 bridgehead atoms. The molecule has 21 heteroatoms. The lowest BCUT2D eigenvalue weighted by Gasteiger charge is -2.39. The van der Waals surface area contributed by atoms with Gasteiger partial charge in [-0.15, -0.1) is 0 Å². The van der Waals surface area contributed by atoms with Crippen LogP contribution in [0.5, 0.6) is 11.5 Å². The van der Waals surface area contributed by atoms with E-state index in [1.54, 1.807) is 39.8 Å². The number of unbranched alkanes of at least 4 members (excludes halogenated alkanes) is 2. The topological polar surface area (TPSA) is 123 Å². The summed E-state index contributed by atoms with van der Waals surface area (Å²) in [6.45, 7) is 25.1. The smallest absolute Gasteiger partial charge is 0.162 e. The zero-order chi connectivity index (χ0) is 88.1. The molecule has 0 aliphatic carbocycles. The molecule has 18 rings (SSSR count). The number of carbonyl (C=O) groups is 4. The van der Waals surface area contributed by atoms with E-state index in [2.05, 4.69) is 187 Å². The Morgan fingerprint density at radius 2 is 0.817 bits per heavy atom. The number of piperazine rings is 1. The van der Waals surface area contributed by atoms with Gasteiger partial charge < -0.3 is 32.6 Å². The summed E-state index contributed by atoms with van der Waals surface area (Å²) in [7, 11) is 0. The highest BCUT2D eigenvalue weighted by Crippen LogP contribution is 2.45. The van der Waals surface area contributed by atoms with E-state index in [9.17, 15) is 23.6 Å². The number of fused-ring (bicyclic) bond motifs is 10. The van der Waals surface area contributed by atoms with Crippen molar-refractivity contribution in [2.75, 3.05) is 65.5 Å². The van der Waals surface area contributed by atoms with Crippen molar-refractivity contribution in [1.82, 2.24) is 42.8 Å². The summed E-state index contributed by atoms with van der Waals surface area (Å²) in [5.41, 5.74) is 10.4. The summed E-state index contributed by atoms with van der Waals surface area (Å²) in [5.74, 6) is 3.77. The first-order chi connectivity index (χ1) is 61.1. The second-order valence-corrected chi connectivity index (χ2v) is 40.6. The second kappa shape index (κ2) is 44.2. The van der Waals surface area contributed by atoms with Crippen LogP contribution in [0.15, 0.2) is 188 Å². The molecule has 0 spiro atoms. The number of benzene rings is 7. The number of rotatable bonds is 33. The van der Waals surface area contributed by atoms with E-state index in [-0.39, 0.29) is 35.1 Å². The maximum atomic E-state index is 13.2. The van der Waals surface area contributed by atoms with Gasteiger partial charge in [-0.1, -0.05) is 123 Å². The van der Waals surface area contributed by atoms with Crippen LogP contribution in [0.4, 0.5) is 4.39 Å². The number of aryl methyl sites for hydroxylation is 5. The molecule has 11 aromatic rings. The van der Waals surface area contributed by atoms with Gasteiger partial charge >= 0.3 is 0 Å². The monoisotopic (exact) mass is 1980 g/mol. The molecular formula is C105H127Br4ClFN9O6. The van der Waals surface area contributed by atoms with Crippen molar-refractivity contribution in [1.29, 1.82) is 0 Å². The summed E-state index contributed by atoms with van der Waals surface area (Å²) in [6.07, 6.45) is 34.5. The zero-order valence-electron chi connectivity index (χ0n) is 74.6. The van der Waals surface area contributed by atoms with Crippen molar-refractivity contribution in [3.63, 3.8) is 0 Å². The summed E-state index contributed by atoms with van der Waals surface area (Å²) in [6, 6.07) is 53.6. The molecule has 11 heterocycles. The SMILES string of the molecule is CC(=O)c1c(C)n(CCCN2C3CCC2CC(Oc2ccc(F)cc2)C3)c2c(Br)cccc12.CC(=O)c1cn(CCCN2C3CCC2CC(CCc2ccccc2)C3)c2c(Br)cccc12.CC(=O)c1cn(CCCN2CCN(CCOc3ccc(Cl)cc3)CC2)c2c(Br)cccc12.CCCCCC1CC2CCC(C1)N2CCCn1cc(C(C)=O)c2cccc(Br)c21. The molecule has 15 nitrogen and oxygen atoms in total. The molecule has 7 saturated heterocycles. The van der Waals surface area contributed by atoms with Crippen LogP contribution < -0.4 is 9.47 Å². The molecule has 7 aromatic carbocycles. The van der Waals surface area contributed by atoms with E-state index < -0.39 is 0 Å². The Labute approximate surface area is 784 Å². The van der Waals surface area contributed by atoms with Gasteiger partial charge in [-0.05, 0) is 311 Å². The Kier molecular flexibility index (Phi) is 32.9. The highest BCUT2D eigenvalue weighted by molar-refractivity contribution is 9.11. The van der Waals surface area contributed by atoms with E-state index in [4.69, 9.17) is 21.1 Å². The molecular weight excluding hydrogens is 1860 g/mol. The molecule has 4 aromatic heterocycles. The molecule has 7 aliphatic rings. The quantitative estimate of drug-likeness (QED) is 0.0289. The van der Waals surface area contributed by atoms with Gasteiger partial charge in [0.25, 0.3) is 0 Å². The third-order valence-corrected chi connectivity index (χ3v) is 31.2. The summed E-state index contributed by atoms with van der Waals surface area (Å²) < 4.78 is 38.5. The number of ether oxygens (including phenoxy) is 2. The lowest BCUT2D eigenvalue weighted by atomic mass is 9.86. The van der Waals surface area contributed by atoms with Gasteiger partial charge in [-0.2, -0.15) is 0 Å². The minimum absolute atomic E-state index is 0.114. The third-order valence-electron chi connectivity index (χ3n) is 28.4. The Morgan fingerprint density at radius 1 is 0.413 bits per heavy atom. The summed E-state index contributed by atoms with van der Waals surface area (Å²) >= 11 is 20.7. The van der Waals surface area contributed by atoms with E-state index >= 15 is 0 Å². The van der Waals surface area contributed by atoms with Gasteiger partial charge in [0.1, 0.15) is 30.0 Å². The summed E-state index contributed by atoms with van der Waals surface area (Å²) in [4.78, 5) is 61.9. The van der Waals surface area contributed by atoms with Crippen molar-refractivity contribution < 1.29 is 33.0 Å². The number of hydrogen-bond donors (Lipinski definition) is 0. The number of carbonyl (C=O) groups excluding carboxylic acids is 4. The minimum atomic E-state index is -0.231. The normalized spacial score (nSPS) is 21.3. The van der Waals surface area contributed by atoms with Crippen LogP contribution in [0.2, 0.25) is 5.02 Å². The largest absolute Gasteiger partial charge is 0.492 e. The van der Waals surface area contributed by atoms with Gasteiger partial charge in [-0.25, -0.2) is 4.39 Å². The molecule has 0 amide bonds. The number of nitrogens with zero attached hydrogens (tertiary/aromatic N) is 9. The number of para-hydroxylation sites is 4. The predicted octanol–water partition coefficient (Wildman–Crippen LogP) is 25.6. The number of piperidine rings is 3. The minimum Gasteiger partial charge on any atom is -0.492 e. The van der Waals surface area contributed by atoms with Gasteiger partial charge in [0.05, 0.1) is 22.1 Å². The average molecular weight is 1990 g/mol. The van der Waals surface area contributed by atoms with Crippen LogP contribution in [0.25, 0.3) is 43.6 Å². The number of ketones is 4. The molecule has 670 valence electrons. The van der Waals surface area contributed by atoms with Crippen LogP contribution in [-0.2, 0) is 32.6 Å². The number of halogens is 6. The Balaban J connectivity index is 0.000000130. The lowest BCUT2D eigenvalue weighted by Crippen LogP contribution is -2.47. The first-order valence-electron chi connectivity index (χ1n) is 46.8. The molecule has 6 atom stereocenters. The fourth-order valence-corrected chi connectivity index (χ4v) is 24.9. The maximum Gasteiger partial charge on any atom is 0.162 e. The van der Waals surface area contributed by atoms with Crippen molar-refractivity contribution in [3.8, 4) is 11.5 Å². The maximum absolute atomic E-state index is 13.2. The highest BCUT2D eigenvalue weighted by Gasteiger charge is 2.43. The Morgan fingerprint density at radius 3 is 1.26 bits per heavy atom. The molecule has 7 fully saturated rings. The molecule has 0 saturated carbocycles. The van der Waals surface area contributed by atoms with Crippen molar-refractivity contribution >= 4 is 142 Å². The zero-order valence-corrected chi connectivity index (χ0v) is 81.7. The second-order valence-electron chi connectivity index (χ2n) is 36.7. The number of Topliss-reactive ketones (excluding diaryl/α,β-unsaturated/α-hetero) is 4. The predicted molar refractivity (Wildman–Crippen MR) is 527 cm³/mol.